The highest BCUT2D eigenvalue weighted by atomic mass is 16.5. The Morgan fingerprint density at radius 2 is 1.50 bits per heavy atom. The molecule has 1 atom stereocenters. The molecule has 4 nitrogen and oxygen atoms in total. The highest BCUT2D eigenvalue weighted by molar-refractivity contribution is 5.97. The number of carbonyl (C=O) groups excluding carboxylic acids is 2. The first-order chi connectivity index (χ1) is 11.5. The molecule has 1 amide bonds. The van der Waals surface area contributed by atoms with Gasteiger partial charge in [-0.05, 0) is 18.1 Å². The molecule has 0 N–H and O–H groups in total. The van der Waals surface area contributed by atoms with Gasteiger partial charge in [0.25, 0.3) is 5.91 Å². The van der Waals surface area contributed by atoms with E-state index >= 15 is 0 Å². The lowest BCUT2D eigenvalue weighted by molar-refractivity contribution is -0.156. The summed E-state index contributed by atoms with van der Waals surface area (Å²) in [6.07, 6.45) is -0.659. The summed E-state index contributed by atoms with van der Waals surface area (Å²) < 4.78 is 5.52. The number of nitrogens with zero attached hydrogens (tertiary/aromatic N) is 1. The average Bonchev–Trinajstić information content (AvgIpc) is 2.59. The number of ether oxygens (including phenoxy) is 1. The quantitative estimate of drug-likeness (QED) is 0.755. The molecule has 0 unspecified atom stereocenters. The molecule has 2 aromatic rings. The summed E-state index contributed by atoms with van der Waals surface area (Å²) >= 11 is 0. The molecule has 0 heterocycles. The van der Waals surface area contributed by atoms with Crippen molar-refractivity contribution in [1.82, 2.24) is 0 Å². The molecule has 2 aromatic carbocycles. The van der Waals surface area contributed by atoms with E-state index in [1.165, 1.54) is 4.90 Å². The van der Waals surface area contributed by atoms with Crippen LogP contribution in [0.4, 0.5) is 5.69 Å². The maximum absolute atomic E-state index is 12.9. The number of likely N-dealkylation sites (N-methyl/N-ethyl adjacent to an activating group) is 1. The number of amides is 1. The predicted molar refractivity (Wildman–Crippen MR) is 94.6 cm³/mol. The molecular formula is C20H23NO3. The van der Waals surface area contributed by atoms with Crippen molar-refractivity contribution in [1.29, 1.82) is 0 Å². The SMILES string of the molecule is CC(C)CC(=O)O[C@@H](C(=O)N(C)c1ccccc1)c1ccccc1. The van der Waals surface area contributed by atoms with Crippen molar-refractivity contribution in [2.75, 3.05) is 11.9 Å². The molecule has 0 saturated heterocycles. The van der Waals surface area contributed by atoms with E-state index in [-0.39, 0.29) is 24.2 Å². The van der Waals surface area contributed by atoms with E-state index in [0.29, 0.717) is 5.56 Å². The van der Waals surface area contributed by atoms with Gasteiger partial charge in [-0.2, -0.15) is 0 Å². The first-order valence-corrected chi connectivity index (χ1v) is 8.06. The number of para-hydroxylation sites is 1. The van der Waals surface area contributed by atoms with Crippen molar-refractivity contribution >= 4 is 17.6 Å². The molecular weight excluding hydrogens is 302 g/mol. The van der Waals surface area contributed by atoms with Crippen LogP contribution in [0.25, 0.3) is 0 Å². The zero-order chi connectivity index (χ0) is 17.5. The fourth-order valence-electron chi connectivity index (χ4n) is 2.36. The van der Waals surface area contributed by atoms with Crippen molar-refractivity contribution in [3.05, 3.63) is 66.2 Å². The second kappa shape index (κ2) is 8.29. The van der Waals surface area contributed by atoms with Gasteiger partial charge in [-0.3, -0.25) is 9.59 Å². The van der Waals surface area contributed by atoms with Gasteiger partial charge in [0.1, 0.15) is 0 Å². The smallest absolute Gasteiger partial charge is 0.307 e. The Labute approximate surface area is 143 Å². The number of carbonyl (C=O) groups is 2. The maximum atomic E-state index is 12.9. The van der Waals surface area contributed by atoms with E-state index in [0.717, 1.165) is 5.69 Å². The molecule has 0 aliphatic heterocycles. The Bertz CT molecular complexity index is 668. The lowest BCUT2D eigenvalue weighted by Crippen LogP contribution is -2.34. The summed E-state index contributed by atoms with van der Waals surface area (Å²) in [5.41, 5.74) is 1.42. The lowest BCUT2D eigenvalue weighted by Gasteiger charge is -2.24. The van der Waals surface area contributed by atoms with Gasteiger partial charge < -0.3 is 9.64 Å². The molecule has 0 saturated carbocycles. The standard InChI is InChI=1S/C20H23NO3/c1-15(2)14-18(22)24-19(16-10-6-4-7-11-16)20(23)21(3)17-12-8-5-9-13-17/h4-13,15,19H,14H2,1-3H3/t19-/m1/s1. The number of esters is 1. The summed E-state index contributed by atoms with van der Waals surface area (Å²) in [7, 11) is 1.68. The second-order valence-electron chi connectivity index (χ2n) is 6.11. The minimum atomic E-state index is -0.942. The van der Waals surface area contributed by atoms with Crippen LogP contribution in [0, 0.1) is 5.92 Å². The molecule has 0 fully saturated rings. The van der Waals surface area contributed by atoms with E-state index in [1.54, 1.807) is 19.2 Å². The van der Waals surface area contributed by atoms with E-state index in [9.17, 15) is 9.59 Å². The molecule has 0 radical (unpaired) electrons. The topological polar surface area (TPSA) is 46.6 Å². The van der Waals surface area contributed by atoms with Crippen LogP contribution in [0.2, 0.25) is 0 Å². The fraction of sp³-hybridized carbons (Fsp3) is 0.300. The van der Waals surface area contributed by atoms with Crippen molar-refractivity contribution in [3.63, 3.8) is 0 Å². The molecule has 0 aromatic heterocycles. The van der Waals surface area contributed by atoms with Crippen molar-refractivity contribution in [2.45, 2.75) is 26.4 Å². The lowest BCUT2D eigenvalue weighted by atomic mass is 10.1. The zero-order valence-corrected chi connectivity index (χ0v) is 14.3. The van der Waals surface area contributed by atoms with Crippen LogP contribution in [-0.4, -0.2) is 18.9 Å². The molecule has 2 rings (SSSR count). The zero-order valence-electron chi connectivity index (χ0n) is 14.3. The second-order valence-corrected chi connectivity index (χ2v) is 6.11. The minimum Gasteiger partial charge on any atom is -0.447 e. The normalized spacial score (nSPS) is 11.8. The Kier molecular flexibility index (Phi) is 6.13. The largest absolute Gasteiger partial charge is 0.447 e. The number of hydrogen-bond acceptors (Lipinski definition) is 3. The van der Waals surface area contributed by atoms with E-state index in [4.69, 9.17) is 4.74 Å². The summed E-state index contributed by atoms with van der Waals surface area (Å²) in [5, 5.41) is 0. The van der Waals surface area contributed by atoms with Gasteiger partial charge in [0.15, 0.2) is 0 Å². The van der Waals surface area contributed by atoms with E-state index in [1.807, 2.05) is 62.4 Å². The Morgan fingerprint density at radius 1 is 0.958 bits per heavy atom. The van der Waals surface area contributed by atoms with Crippen LogP contribution >= 0.6 is 0 Å². The first kappa shape index (κ1) is 17.7. The van der Waals surface area contributed by atoms with Crippen LogP contribution in [0.3, 0.4) is 0 Å². The average molecular weight is 325 g/mol. The Balaban J connectivity index is 2.25. The highest BCUT2D eigenvalue weighted by Crippen LogP contribution is 2.24. The number of rotatable bonds is 6. The summed E-state index contributed by atoms with van der Waals surface area (Å²) in [4.78, 5) is 26.5. The Hall–Kier alpha value is -2.62. The van der Waals surface area contributed by atoms with Gasteiger partial charge in [0.2, 0.25) is 6.10 Å². The predicted octanol–water partition coefficient (Wildman–Crippen LogP) is 3.98. The van der Waals surface area contributed by atoms with Crippen LogP contribution in [0.15, 0.2) is 60.7 Å². The monoisotopic (exact) mass is 325 g/mol. The van der Waals surface area contributed by atoms with Crippen LogP contribution < -0.4 is 4.90 Å². The number of benzene rings is 2. The molecule has 0 aliphatic rings. The van der Waals surface area contributed by atoms with Gasteiger partial charge in [-0.15, -0.1) is 0 Å². The number of hydrogen-bond donors (Lipinski definition) is 0. The third kappa shape index (κ3) is 4.69. The van der Waals surface area contributed by atoms with Gasteiger partial charge >= 0.3 is 5.97 Å². The third-order valence-electron chi connectivity index (χ3n) is 3.62. The van der Waals surface area contributed by atoms with Crippen LogP contribution in [-0.2, 0) is 14.3 Å². The maximum Gasteiger partial charge on any atom is 0.307 e. The van der Waals surface area contributed by atoms with Gasteiger partial charge in [0, 0.05) is 24.7 Å². The van der Waals surface area contributed by atoms with Gasteiger partial charge in [-0.25, -0.2) is 0 Å². The highest BCUT2D eigenvalue weighted by Gasteiger charge is 2.28. The van der Waals surface area contributed by atoms with Crippen molar-refractivity contribution in [3.8, 4) is 0 Å². The van der Waals surface area contributed by atoms with E-state index < -0.39 is 6.10 Å². The fourth-order valence-corrected chi connectivity index (χ4v) is 2.36. The molecule has 4 heteroatoms. The molecule has 126 valence electrons. The first-order valence-electron chi connectivity index (χ1n) is 8.06. The summed E-state index contributed by atoms with van der Waals surface area (Å²) in [5.74, 6) is -0.464. The third-order valence-corrected chi connectivity index (χ3v) is 3.62. The molecule has 0 spiro atoms. The van der Waals surface area contributed by atoms with Crippen molar-refractivity contribution in [2.24, 2.45) is 5.92 Å². The van der Waals surface area contributed by atoms with Gasteiger partial charge in [0.05, 0.1) is 0 Å². The summed E-state index contributed by atoms with van der Waals surface area (Å²) in [6.45, 7) is 3.88. The summed E-state index contributed by atoms with van der Waals surface area (Å²) in [6, 6.07) is 18.4. The Morgan fingerprint density at radius 3 is 2.04 bits per heavy atom. The van der Waals surface area contributed by atoms with Crippen molar-refractivity contribution < 1.29 is 14.3 Å². The minimum absolute atomic E-state index is 0.177. The van der Waals surface area contributed by atoms with E-state index in [2.05, 4.69) is 0 Å². The number of anilines is 1. The van der Waals surface area contributed by atoms with Crippen LogP contribution in [0.1, 0.15) is 31.9 Å². The van der Waals surface area contributed by atoms with Gasteiger partial charge in [-0.1, -0.05) is 62.4 Å². The molecule has 0 aliphatic carbocycles. The molecule has 0 bridgehead atoms. The van der Waals surface area contributed by atoms with Crippen LogP contribution in [0.5, 0.6) is 0 Å². The molecule has 24 heavy (non-hydrogen) atoms.